The van der Waals surface area contributed by atoms with Crippen LogP contribution in [0.3, 0.4) is 0 Å². The van der Waals surface area contributed by atoms with Crippen LogP contribution in [-0.2, 0) is 5.88 Å². The van der Waals surface area contributed by atoms with Crippen molar-refractivity contribution in [3.8, 4) is 5.75 Å². The van der Waals surface area contributed by atoms with Crippen LogP contribution in [0.2, 0.25) is 0 Å². The van der Waals surface area contributed by atoms with Gasteiger partial charge in [0.05, 0.1) is 0 Å². The zero-order valence-corrected chi connectivity index (χ0v) is 12.3. The summed E-state index contributed by atoms with van der Waals surface area (Å²) in [6, 6.07) is 8.09. The lowest BCUT2D eigenvalue weighted by molar-refractivity contribution is -0.0000789. The number of halogens is 2. The van der Waals surface area contributed by atoms with Crippen LogP contribution in [-0.4, -0.2) is 24.2 Å². The lowest BCUT2D eigenvalue weighted by Gasteiger charge is -2.34. The summed E-state index contributed by atoms with van der Waals surface area (Å²) in [6.45, 7) is 4.41. The topological polar surface area (TPSA) is 12.5 Å². The van der Waals surface area contributed by atoms with Gasteiger partial charge >= 0.3 is 0 Å². The molecule has 0 amide bonds. The molecule has 18 heavy (non-hydrogen) atoms. The van der Waals surface area contributed by atoms with Crippen molar-refractivity contribution < 1.29 is 4.74 Å². The summed E-state index contributed by atoms with van der Waals surface area (Å²) >= 11 is 5.77. The average Bonchev–Trinajstić information content (AvgIpc) is 2.40. The Morgan fingerprint density at radius 2 is 2.00 bits per heavy atom. The van der Waals surface area contributed by atoms with Crippen molar-refractivity contribution in [3.05, 3.63) is 29.8 Å². The predicted octanol–water partition coefficient (Wildman–Crippen LogP) is 4.06. The smallest absolute Gasteiger partial charge is 0.152 e. The molecule has 1 fully saturated rings. The minimum Gasteiger partial charge on any atom is -0.475 e. The Morgan fingerprint density at radius 1 is 1.28 bits per heavy atom. The van der Waals surface area contributed by atoms with E-state index in [0.717, 1.165) is 30.8 Å². The third-order valence-corrected chi connectivity index (χ3v) is 3.62. The molecule has 0 spiro atoms. The van der Waals surface area contributed by atoms with Crippen molar-refractivity contribution in [3.63, 3.8) is 0 Å². The maximum atomic E-state index is 6.04. The van der Waals surface area contributed by atoms with Crippen LogP contribution < -0.4 is 4.74 Å². The zero-order chi connectivity index (χ0) is 12.1. The van der Waals surface area contributed by atoms with E-state index in [-0.39, 0.29) is 18.6 Å². The highest BCUT2D eigenvalue weighted by molar-refractivity contribution is 6.17. The van der Waals surface area contributed by atoms with Gasteiger partial charge in [0.1, 0.15) is 5.75 Å². The zero-order valence-electron chi connectivity index (χ0n) is 10.8. The molecule has 2 rings (SSSR count). The Labute approximate surface area is 121 Å². The first-order chi connectivity index (χ1) is 8.33. The molecule has 4 heteroatoms. The van der Waals surface area contributed by atoms with Gasteiger partial charge in [-0.1, -0.05) is 19.1 Å². The summed E-state index contributed by atoms with van der Waals surface area (Å²) in [5.74, 6) is 1.51. The minimum atomic E-state index is 0. The van der Waals surface area contributed by atoms with Crippen LogP contribution in [0.4, 0.5) is 0 Å². The Hall–Kier alpha value is -0.440. The third kappa shape index (κ3) is 4.04. The first-order valence-electron chi connectivity index (χ1n) is 6.39. The van der Waals surface area contributed by atoms with Crippen molar-refractivity contribution in [2.75, 3.05) is 13.1 Å². The summed E-state index contributed by atoms with van der Waals surface area (Å²) in [5.41, 5.74) is 1.13. The number of benzene rings is 1. The number of likely N-dealkylation sites (tertiary alicyclic amines) is 1. The second kappa shape index (κ2) is 7.88. The molecule has 0 radical (unpaired) electrons. The number of ether oxygens (including phenoxy) is 1. The van der Waals surface area contributed by atoms with E-state index in [0.29, 0.717) is 5.88 Å². The minimum absolute atomic E-state index is 0. The highest BCUT2D eigenvalue weighted by Crippen LogP contribution is 2.22. The fourth-order valence-corrected chi connectivity index (χ4v) is 2.45. The number of nitrogens with zero attached hydrogens (tertiary/aromatic N) is 1. The second-order valence-electron chi connectivity index (χ2n) is 4.47. The first kappa shape index (κ1) is 15.6. The maximum absolute atomic E-state index is 6.04. The number of rotatable bonds is 4. The third-order valence-electron chi connectivity index (χ3n) is 3.31. The van der Waals surface area contributed by atoms with Gasteiger partial charge in [-0.25, -0.2) is 0 Å². The molecular formula is C14H21Cl2NO. The second-order valence-corrected chi connectivity index (χ2v) is 4.74. The van der Waals surface area contributed by atoms with Gasteiger partial charge in [-0.05, 0) is 43.5 Å². The average molecular weight is 290 g/mol. The molecule has 0 aromatic heterocycles. The van der Waals surface area contributed by atoms with Gasteiger partial charge in [0.25, 0.3) is 0 Å². The summed E-state index contributed by atoms with van der Waals surface area (Å²) in [6.07, 6.45) is 3.93. The molecule has 1 saturated heterocycles. The van der Waals surface area contributed by atoms with Gasteiger partial charge in [0.15, 0.2) is 6.23 Å². The van der Waals surface area contributed by atoms with Crippen LogP contribution in [0.5, 0.6) is 5.75 Å². The van der Waals surface area contributed by atoms with Crippen LogP contribution >= 0.6 is 24.0 Å². The molecule has 0 aliphatic carbocycles. The lowest BCUT2D eigenvalue weighted by Crippen LogP contribution is -2.42. The highest BCUT2D eigenvalue weighted by atomic mass is 35.5. The van der Waals surface area contributed by atoms with E-state index in [1.54, 1.807) is 0 Å². The molecule has 1 aliphatic heterocycles. The Morgan fingerprint density at radius 3 is 2.61 bits per heavy atom. The van der Waals surface area contributed by atoms with E-state index in [2.05, 4.69) is 11.8 Å². The fraction of sp³-hybridized carbons (Fsp3) is 0.571. The van der Waals surface area contributed by atoms with Gasteiger partial charge in [-0.2, -0.15) is 0 Å². The predicted molar refractivity (Wildman–Crippen MR) is 78.8 cm³/mol. The summed E-state index contributed by atoms with van der Waals surface area (Å²) in [7, 11) is 0. The van der Waals surface area contributed by atoms with Crippen molar-refractivity contribution in [2.24, 2.45) is 0 Å². The molecule has 0 N–H and O–H groups in total. The maximum Gasteiger partial charge on any atom is 0.152 e. The molecule has 1 aromatic carbocycles. The molecule has 0 bridgehead atoms. The molecule has 102 valence electrons. The number of hydrogen-bond acceptors (Lipinski definition) is 2. The Bertz CT molecular complexity index is 342. The molecular weight excluding hydrogens is 269 g/mol. The SMILES string of the molecule is CCN1CCCCC1Oc1ccc(CCl)cc1.Cl. The van der Waals surface area contributed by atoms with Crippen LogP contribution in [0.1, 0.15) is 31.7 Å². The van der Waals surface area contributed by atoms with Crippen LogP contribution in [0.25, 0.3) is 0 Å². The molecule has 2 nitrogen and oxygen atoms in total. The number of alkyl halides is 1. The largest absolute Gasteiger partial charge is 0.475 e. The quantitative estimate of drug-likeness (QED) is 0.775. The van der Waals surface area contributed by atoms with Crippen LogP contribution in [0.15, 0.2) is 24.3 Å². The Kier molecular flexibility index (Phi) is 6.83. The number of piperidine rings is 1. The first-order valence-corrected chi connectivity index (χ1v) is 6.92. The fourth-order valence-electron chi connectivity index (χ4n) is 2.27. The van der Waals surface area contributed by atoms with Gasteiger partial charge in [0.2, 0.25) is 0 Å². The highest BCUT2D eigenvalue weighted by Gasteiger charge is 2.22. The Balaban J connectivity index is 0.00000162. The van der Waals surface area contributed by atoms with Crippen molar-refractivity contribution in [2.45, 2.75) is 38.3 Å². The standard InChI is InChI=1S/C14H20ClNO.ClH/c1-2-16-10-4-3-5-14(16)17-13-8-6-12(11-15)7-9-13;/h6-9,14H,2-5,10-11H2,1H3;1H. The number of hydrogen-bond donors (Lipinski definition) is 0. The monoisotopic (exact) mass is 289 g/mol. The molecule has 1 aliphatic rings. The van der Waals surface area contributed by atoms with Crippen LogP contribution in [0, 0.1) is 0 Å². The molecule has 1 aromatic rings. The van der Waals surface area contributed by atoms with E-state index in [1.165, 1.54) is 12.8 Å². The van der Waals surface area contributed by atoms with E-state index < -0.39 is 0 Å². The van der Waals surface area contributed by atoms with Gasteiger partial charge in [0, 0.05) is 12.4 Å². The summed E-state index contributed by atoms with van der Waals surface area (Å²) in [4.78, 5) is 2.40. The van der Waals surface area contributed by atoms with Crippen molar-refractivity contribution in [1.29, 1.82) is 0 Å². The van der Waals surface area contributed by atoms with E-state index in [1.807, 2.05) is 24.3 Å². The van der Waals surface area contributed by atoms with Gasteiger partial charge in [-0.3, -0.25) is 4.90 Å². The normalized spacial score (nSPS) is 20.2. The van der Waals surface area contributed by atoms with Gasteiger partial charge in [-0.15, -0.1) is 24.0 Å². The van der Waals surface area contributed by atoms with E-state index >= 15 is 0 Å². The molecule has 0 saturated carbocycles. The van der Waals surface area contributed by atoms with E-state index in [4.69, 9.17) is 16.3 Å². The van der Waals surface area contributed by atoms with Crippen molar-refractivity contribution in [1.82, 2.24) is 4.90 Å². The molecule has 1 atom stereocenters. The van der Waals surface area contributed by atoms with E-state index in [9.17, 15) is 0 Å². The summed E-state index contributed by atoms with van der Waals surface area (Å²) < 4.78 is 6.04. The van der Waals surface area contributed by atoms with Crippen molar-refractivity contribution >= 4 is 24.0 Å². The van der Waals surface area contributed by atoms with Gasteiger partial charge < -0.3 is 4.74 Å². The lowest BCUT2D eigenvalue weighted by atomic mass is 10.1. The summed E-state index contributed by atoms with van der Waals surface area (Å²) in [5, 5.41) is 0. The molecule has 1 unspecified atom stereocenters. The molecule has 1 heterocycles.